The minimum Gasteiger partial charge on any atom is -0.497 e. The molecule has 6 heteroatoms. The van der Waals surface area contributed by atoms with Gasteiger partial charge in [-0.05, 0) is 35.2 Å². The van der Waals surface area contributed by atoms with Crippen molar-refractivity contribution in [3.05, 3.63) is 65.0 Å². The summed E-state index contributed by atoms with van der Waals surface area (Å²) in [5.74, 6) is 0.969. The van der Waals surface area contributed by atoms with Crippen molar-refractivity contribution in [1.82, 2.24) is 9.80 Å². The molecule has 0 N–H and O–H groups in total. The summed E-state index contributed by atoms with van der Waals surface area (Å²) in [5.41, 5.74) is 1.26. The highest BCUT2D eigenvalue weighted by Gasteiger charge is 2.21. The summed E-state index contributed by atoms with van der Waals surface area (Å²) in [4.78, 5) is 18.1. The molecule has 1 aromatic heterocycles. The number of rotatable bonds is 8. The van der Waals surface area contributed by atoms with E-state index in [0.717, 1.165) is 44.9 Å². The largest absolute Gasteiger partial charge is 0.497 e. The first-order valence-electron chi connectivity index (χ1n) is 10.4. The first-order chi connectivity index (χ1) is 14.7. The van der Waals surface area contributed by atoms with E-state index in [2.05, 4.69) is 47.4 Å². The van der Waals surface area contributed by atoms with Crippen LogP contribution in [0.4, 0.5) is 0 Å². The number of benzene rings is 2. The third kappa shape index (κ3) is 5.39. The highest BCUT2D eigenvalue weighted by Crippen LogP contribution is 2.25. The number of methoxy groups -OCH3 is 1. The quantitative estimate of drug-likeness (QED) is 0.516. The van der Waals surface area contributed by atoms with Crippen LogP contribution >= 0.6 is 11.3 Å². The summed E-state index contributed by atoms with van der Waals surface area (Å²) in [6.45, 7) is 4.94. The van der Waals surface area contributed by atoms with E-state index in [4.69, 9.17) is 9.47 Å². The average molecular weight is 425 g/mol. The van der Waals surface area contributed by atoms with Gasteiger partial charge in [0.1, 0.15) is 12.4 Å². The molecular formula is C24H28N2O3S. The first kappa shape index (κ1) is 20.8. The van der Waals surface area contributed by atoms with E-state index >= 15 is 0 Å². The second-order valence-electron chi connectivity index (χ2n) is 7.56. The number of thiophene rings is 1. The molecule has 5 nitrogen and oxygen atoms in total. The normalized spacial score (nSPS) is 14.9. The Labute approximate surface area is 181 Å². The van der Waals surface area contributed by atoms with Crippen molar-refractivity contribution in [3.63, 3.8) is 0 Å². The van der Waals surface area contributed by atoms with Gasteiger partial charge in [-0.25, -0.2) is 0 Å². The number of piperazine rings is 1. The Morgan fingerprint density at radius 3 is 2.53 bits per heavy atom. The second-order valence-corrected chi connectivity index (χ2v) is 8.73. The summed E-state index contributed by atoms with van der Waals surface area (Å²) in [6.07, 6.45) is 0.849. The Hall–Kier alpha value is -2.41. The van der Waals surface area contributed by atoms with Gasteiger partial charge >= 0.3 is 0 Å². The van der Waals surface area contributed by atoms with Crippen LogP contribution in [0.15, 0.2) is 54.6 Å². The Kier molecular flexibility index (Phi) is 7.00. The van der Waals surface area contributed by atoms with Crippen molar-refractivity contribution in [2.45, 2.75) is 13.0 Å². The van der Waals surface area contributed by atoms with Gasteiger partial charge in [0.05, 0.1) is 13.7 Å². The fourth-order valence-corrected chi connectivity index (χ4v) is 4.77. The molecule has 158 valence electrons. The summed E-state index contributed by atoms with van der Waals surface area (Å²) in [7, 11) is 1.68. The highest BCUT2D eigenvalue weighted by atomic mass is 32.1. The van der Waals surface area contributed by atoms with E-state index in [1.807, 2.05) is 17.0 Å². The predicted molar refractivity (Wildman–Crippen MR) is 121 cm³/mol. The predicted octanol–water partition coefficient (Wildman–Crippen LogP) is 3.81. The first-order valence-corrected chi connectivity index (χ1v) is 11.2. The van der Waals surface area contributed by atoms with E-state index in [1.165, 1.54) is 20.5 Å². The third-order valence-corrected chi connectivity index (χ3v) is 6.66. The summed E-state index contributed by atoms with van der Waals surface area (Å²) in [5, 5.41) is 1.28. The Balaban J connectivity index is 1.15. The molecule has 1 amide bonds. The zero-order valence-corrected chi connectivity index (χ0v) is 18.2. The molecule has 1 saturated heterocycles. The van der Waals surface area contributed by atoms with Crippen molar-refractivity contribution in [2.75, 3.05) is 46.5 Å². The minimum absolute atomic E-state index is 0.0930. The maximum absolute atomic E-state index is 12.5. The lowest BCUT2D eigenvalue weighted by Crippen LogP contribution is -2.49. The van der Waals surface area contributed by atoms with E-state index in [0.29, 0.717) is 6.61 Å². The van der Waals surface area contributed by atoms with Crippen LogP contribution in [0.3, 0.4) is 0 Å². The molecule has 1 aliphatic heterocycles. The topological polar surface area (TPSA) is 42.0 Å². The van der Waals surface area contributed by atoms with E-state index in [-0.39, 0.29) is 12.5 Å². The molecule has 0 saturated carbocycles. The number of carbonyl (C=O) groups excluding carboxylic acids is 1. The number of amides is 1. The van der Waals surface area contributed by atoms with Crippen LogP contribution in [0.25, 0.3) is 10.1 Å². The van der Waals surface area contributed by atoms with Gasteiger partial charge in [0.25, 0.3) is 0 Å². The monoisotopic (exact) mass is 424 g/mol. The van der Waals surface area contributed by atoms with Crippen molar-refractivity contribution >= 4 is 27.3 Å². The number of hydrogen-bond acceptors (Lipinski definition) is 5. The number of ether oxygens (including phenoxy) is 2. The minimum atomic E-state index is 0.0930. The molecule has 1 aliphatic rings. The van der Waals surface area contributed by atoms with Crippen LogP contribution in [-0.4, -0.2) is 62.2 Å². The molecule has 0 atom stereocenters. The number of nitrogens with zero attached hydrogens (tertiary/aromatic N) is 2. The Morgan fingerprint density at radius 1 is 1.03 bits per heavy atom. The van der Waals surface area contributed by atoms with Gasteiger partial charge in [-0.3, -0.25) is 9.69 Å². The molecule has 30 heavy (non-hydrogen) atoms. The average Bonchev–Trinajstić information content (AvgIpc) is 3.20. The van der Waals surface area contributed by atoms with Crippen molar-refractivity contribution in [2.24, 2.45) is 0 Å². The molecule has 4 rings (SSSR count). The fourth-order valence-electron chi connectivity index (χ4n) is 3.73. The zero-order valence-electron chi connectivity index (χ0n) is 17.4. The lowest BCUT2D eigenvalue weighted by Gasteiger charge is -2.34. The van der Waals surface area contributed by atoms with Gasteiger partial charge in [-0.2, -0.15) is 0 Å². The van der Waals surface area contributed by atoms with Crippen LogP contribution in [0.5, 0.6) is 5.75 Å². The lowest BCUT2D eigenvalue weighted by atomic mass is 10.2. The van der Waals surface area contributed by atoms with Crippen LogP contribution in [0.2, 0.25) is 0 Å². The van der Waals surface area contributed by atoms with Crippen LogP contribution in [0, 0.1) is 0 Å². The summed E-state index contributed by atoms with van der Waals surface area (Å²) in [6, 6.07) is 18.8. The highest BCUT2D eigenvalue weighted by molar-refractivity contribution is 7.19. The third-order valence-electron chi connectivity index (χ3n) is 5.49. The number of carbonyl (C=O) groups is 1. The molecular weight excluding hydrogens is 396 g/mol. The van der Waals surface area contributed by atoms with Crippen LogP contribution < -0.4 is 4.74 Å². The van der Waals surface area contributed by atoms with Gasteiger partial charge < -0.3 is 14.4 Å². The smallest absolute Gasteiger partial charge is 0.248 e. The fraction of sp³-hybridized carbons (Fsp3) is 0.375. The maximum Gasteiger partial charge on any atom is 0.248 e. The van der Waals surface area contributed by atoms with E-state index in [9.17, 15) is 4.79 Å². The molecule has 2 heterocycles. The van der Waals surface area contributed by atoms with Crippen molar-refractivity contribution in [1.29, 1.82) is 0 Å². The Bertz CT molecular complexity index is 929. The molecule has 3 aromatic rings. The number of fused-ring (bicyclic) bond motifs is 1. The summed E-state index contributed by atoms with van der Waals surface area (Å²) >= 11 is 1.80. The van der Waals surface area contributed by atoms with Gasteiger partial charge in [-0.15, -0.1) is 11.3 Å². The second kappa shape index (κ2) is 10.1. The SMILES string of the molecule is COc1ccc(CN2CCN(C(=O)COCCc3cc4ccccc4s3)CC2)cc1. The molecule has 0 bridgehead atoms. The van der Waals surface area contributed by atoms with E-state index < -0.39 is 0 Å². The van der Waals surface area contributed by atoms with Gasteiger partial charge in [-0.1, -0.05) is 30.3 Å². The molecule has 0 aliphatic carbocycles. The van der Waals surface area contributed by atoms with E-state index in [1.54, 1.807) is 18.4 Å². The van der Waals surface area contributed by atoms with Crippen molar-refractivity contribution < 1.29 is 14.3 Å². The molecule has 1 fully saturated rings. The maximum atomic E-state index is 12.5. The van der Waals surface area contributed by atoms with Gasteiger partial charge in [0.2, 0.25) is 5.91 Å². The number of hydrogen-bond donors (Lipinski definition) is 0. The molecule has 2 aromatic carbocycles. The van der Waals surface area contributed by atoms with Gasteiger partial charge in [0, 0.05) is 48.7 Å². The standard InChI is InChI=1S/C24H28N2O3S/c1-28-21-8-6-19(7-9-21)17-25-11-13-26(14-12-25)24(27)18-29-15-10-22-16-20-4-2-3-5-23(20)30-22/h2-9,16H,10-15,17-18H2,1H3. The van der Waals surface area contributed by atoms with Gasteiger partial charge in [0.15, 0.2) is 0 Å². The molecule has 0 spiro atoms. The summed E-state index contributed by atoms with van der Waals surface area (Å²) < 4.78 is 12.2. The van der Waals surface area contributed by atoms with Crippen LogP contribution in [0.1, 0.15) is 10.4 Å². The van der Waals surface area contributed by atoms with Crippen LogP contribution in [-0.2, 0) is 22.5 Å². The molecule has 0 unspecified atom stereocenters. The lowest BCUT2D eigenvalue weighted by molar-refractivity contribution is -0.137. The molecule has 0 radical (unpaired) electrons. The van der Waals surface area contributed by atoms with Crippen molar-refractivity contribution in [3.8, 4) is 5.75 Å². The zero-order chi connectivity index (χ0) is 20.8. The Morgan fingerprint density at radius 2 is 1.80 bits per heavy atom.